The number of ether oxygens (including phenoxy) is 1. The lowest BCUT2D eigenvalue weighted by atomic mass is 9.99. The highest BCUT2D eigenvalue weighted by molar-refractivity contribution is 6.05. The molecule has 0 aliphatic carbocycles. The number of nitrogens with zero attached hydrogens (tertiary/aromatic N) is 1. The van der Waals surface area contributed by atoms with Crippen molar-refractivity contribution in [1.29, 1.82) is 0 Å². The minimum absolute atomic E-state index is 0.219. The first-order valence-electron chi connectivity index (χ1n) is 12.3. The van der Waals surface area contributed by atoms with E-state index >= 15 is 0 Å². The lowest BCUT2D eigenvalue weighted by molar-refractivity contribution is -0.122. The molecule has 0 saturated carbocycles. The van der Waals surface area contributed by atoms with Crippen LogP contribution in [0.5, 0.6) is 5.75 Å². The van der Waals surface area contributed by atoms with Gasteiger partial charge in [0, 0.05) is 29.9 Å². The lowest BCUT2D eigenvalue weighted by Gasteiger charge is -2.30. The van der Waals surface area contributed by atoms with Gasteiger partial charge in [0.25, 0.3) is 11.8 Å². The molecule has 1 atom stereocenters. The van der Waals surface area contributed by atoms with Crippen LogP contribution < -0.4 is 15.4 Å². The Kier molecular flexibility index (Phi) is 6.82. The van der Waals surface area contributed by atoms with Gasteiger partial charge in [-0.1, -0.05) is 43.3 Å². The van der Waals surface area contributed by atoms with Crippen molar-refractivity contribution in [3.8, 4) is 5.75 Å². The van der Waals surface area contributed by atoms with Gasteiger partial charge >= 0.3 is 0 Å². The van der Waals surface area contributed by atoms with Gasteiger partial charge in [-0.2, -0.15) is 0 Å². The first kappa shape index (κ1) is 23.1. The number of likely N-dealkylation sites (tertiary alicyclic amines) is 1. The third kappa shape index (κ3) is 5.72. The smallest absolute Gasteiger partial charge is 0.265 e. The topological polar surface area (TPSA) is 70.7 Å². The second kappa shape index (κ2) is 10.3. The molecular formula is C29H31N3O3. The Morgan fingerprint density at radius 2 is 1.69 bits per heavy atom. The first-order chi connectivity index (χ1) is 17.0. The van der Waals surface area contributed by atoms with Crippen LogP contribution in [0, 0.1) is 5.92 Å². The number of carbonyl (C=O) groups is 2. The number of para-hydroxylation sites is 1. The summed E-state index contributed by atoms with van der Waals surface area (Å²) in [6.45, 7) is 5.55. The zero-order valence-electron chi connectivity index (χ0n) is 20.0. The molecule has 2 amide bonds. The van der Waals surface area contributed by atoms with E-state index in [1.54, 1.807) is 24.3 Å². The van der Waals surface area contributed by atoms with Crippen molar-refractivity contribution in [2.75, 3.05) is 23.7 Å². The number of benzene rings is 3. The number of anilines is 2. The quantitative estimate of drug-likeness (QED) is 0.526. The van der Waals surface area contributed by atoms with Gasteiger partial charge in [0.15, 0.2) is 6.10 Å². The molecule has 5 rings (SSSR count). The summed E-state index contributed by atoms with van der Waals surface area (Å²) in [6, 6.07) is 22.7. The highest BCUT2D eigenvalue weighted by Crippen LogP contribution is 2.29. The predicted octanol–water partition coefficient (Wildman–Crippen LogP) is 5.11. The Morgan fingerprint density at radius 1 is 0.914 bits per heavy atom. The van der Waals surface area contributed by atoms with Crippen molar-refractivity contribution in [2.24, 2.45) is 5.92 Å². The second-order valence-electron chi connectivity index (χ2n) is 9.60. The molecular weight excluding hydrogens is 438 g/mol. The molecule has 0 bridgehead atoms. The van der Waals surface area contributed by atoms with Gasteiger partial charge in [-0.05, 0) is 79.4 Å². The van der Waals surface area contributed by atoms with E-state index in [4.69, 9.17) is 4.74 Å². The normalized spacial score (nSPS) is 17.9. The van der Waals surface area contributed by atoms with E-state index in [-0.39, 0.29) is 11.8 Å². The molecule has 6 heteroatoms. The van der Waals surface area contributed by atoms with E-state index < -0.39 is 6.10 Å². The molecule has 180 valence electrons. The van der Waals surface area contributed by atoms with Gasteiger partial charge in [-0.25, -0.2) is 0 Å². The minimum Gasteiger partial charge on any atom is -0.480 e. The maximum Gasteiger partial charge on any atom is 0.265 e. The number of hydrogen-bond acceptors (Lipinski definition) is 4. The third-order valence-corrected chi connectivity index (χ3v) is 6.83. The molecule has 2 N–H and O–H groups in total. The van der Waals surface area contributed by atoms with E-state index in [2.05, 4.69) is 34.6 Å². The van der Waals surface area contributed by atoms with Crippen LogP contribution in [0.1, 0.15) is 41.3 Å². The van der Waals surface area contributed by atoms with Crippen molar-refractivity contribution in [2.45, 2.75) is 38.8 Å². The molecule has 0 spiro atoms. The number of hydrogen-bond donors (Lipinski definition) is 2. The molecule has 3 aromatic rings. The summed E-state index contributed by atoms with van der Waals surface area (Å²) < 4.78 is 5.77. The number of rotatable bonds is 6. The fourth-order valence-corrected chi connectivity index (χ4v) is 4.66. The average molecular weight is 470 g/mol. The Balaban J connectivity index is 1.16. The summed E-state index contributed by atoms with van der Waals surface area (Å²) in [5, 5.41) is 5.83. The summed E-state index contributed by atoms with van der Waals surface area (Å²) in [6.07, 6.45) is 2.48. The maximum atomic E-state index is 12.8. The van der Waals surface area contributed by atoms with Gasteiger partial charge in [0.1, 0.15) is 5.75 Å². The van der Waals surface area contributed by atoms with Crippen LogP contribution in [0.2, 0.25) is 0 Å². The van der Waals surface area contributed by atoms with Crippen LogP contribution >= 0.6 is 0 Å². The number of piperidine rings is 1. The molecule has 6 nitrogen and oxygen atoms in total. The molecule has 2 aliphatic heterocycles. The highest BCUT2D eigenvalue weighted by atomic mass is 16.5. The Labute approximate surface area is 206 Å². The van der Waals surface area contributed by atoms with Crippen molar-refractivity contribution >= 4 is 23.2 Å². The van der Waals surface area contributed by atoms with Crippen molar-refractivity contribution < 1.29 is 14.3 Å². The van der Waals surface area contributed by atoms with E-state index in [9.17, 15) is 9.59 Å². The van der Waals surface area contributed by atoms with E-state index in [1.807, 2.05) is 36.4 Å². The predicted molar refractivity (Wildman–Crippen MR) is 138 cm³/mol. The monoisotopic (exact) mass is 469 g/mol. The Morgan fingerprint density at radius 3 is 2.46 bits per heavy atom. The molecule has 1 fully saturated rings. The zero-order valence-corrected chi connectivity index (χ0v) is 20.0. The molecule has 3 aromatic carbocycles. The SMILES string of the molecule is CC1CCN(Cc2ccc(NC(=O)c3cccc(NC(=O)C4Cc5ccccc5O4)c3)cc2)CC1. The van der Waals surface area contributed by atoms with E-state index in [1.165, 1.54) is 18.4 Å². The molecule has 0 aromatic heterocycles. The maximum absolute atomic E-state index is 12.8. The van der Waals surface area contributed by atoms with Gasteiger partial charge < -0.3 is 15.4 Å². The highest BCUT2D eigenvalue weighted by Gasteiger charge is 2.28. The van der Waals surface area contributed by atoms with Crippen LogP contribution in [0.15, 0.2) is 72.8 Å². The summed E-state index contributed by atoms with van der Waals surface area (Å²) in [7, 11) is 0. The zero-order chi connectivity index (χ0) is 24.2. The first-order valence-corrected chi connectivity index (χ1v) is 12.3. The Hall–Kier alpha value is -3.64. The van der Waals surface area contributed by atoms with Crippen LogP contribution in [-0.4, -0.2) is 35.9 Å². The molecule has 2 aliphatic rings. The van der Waals surface area contributed by atoms with Crippen LogP contribution in [0.4, 0.5) is 11.4 Å². The van der Waals surface area contributed by atoms with E-state index in [0.717, 1.165) is 42.6 Å². The lowest BCUT2D eigenvalue weighted by Crippen LogP contribution is -2.32. The number of fused-ring (bicyclic) bond motifs is 1. The standard InChI is InChI=1S/C29H31N3O3/c1-20-13-15-32(16-14-20)19-21-9-11-24(12-10-21)30-28(33)23-6-4-7-25(17-23)31-29(34)27-18-22-5-2-3-8-26(22)35-27/h2-12,17,20,27H,13-16,18-19H2,1H3,(H,30,33)(H,31,34). The van der Waals surface area contributed by atoms with Gasteiger partial charge in [0.2, 0.25) is 0 Å². The fourth-order valence-electron chi connectivity index (χ4n) is 4.66. The van der Waals surface area contributed by atoms with Gasteiger partial charge in [0.05, 0.1) is 0 Å². The van der Waals surface area contributed by atoms with Gasteiger partial charge in [-0.3, -0.25) is 14.5 Å². The summed E-state index contributed by atoms with van der Waals surface area (Å²) in [5.41, 5.74) is 4.06. The number of nitrogens with one attached hydrogen (secondary N) is 2. The molecule has 1 unspecified atom stereocenters. The number of amides is 2. The molecule has 2 heterocycles. The summed E-state index contributed by atoms with van der Waals surface area (Å²) >= 11 is 0. The molecule has 0 radical (unpaired) electrons. The van der Waals surface area contributed by atoms with Crippen LogP contribution in [0.3, 0.4) is 0 Å². The minimum atomic E-state index is -0.572. The average Bonchev–Trinajstić information content (AvgIpc) is 3.31. The summed E-state index contributed by atoms with van der Waals surface area (Å²) in [5.74, 6) is 1.13. The third-order valence-electron chi connectivity index (χ3n) is 6.83. The van der Waals surface area contributed by atoms with Crippen molar-refractivity contribution in [3.05, 3.63) is 89.5 Å². The fraction of sp³-hybridized carbons (Fsp3) is 0.310. The van der Waals surface area contributed by atoms with Crippen LogP contribution in [0.25, 0.3) is 0 Å². The van der Waals surface area contributed by atoms with E-state index in [0.29, 0.717) is 17.7 Å². The summed E-state index contributed by atoms with van der Waals surface area (Å²) in [4.78, 5) is 28.0. The number of carbonyl (C=O) groups excluding carboxylic acids is 2. The van der Waals surface area contributed by atoms with Crippen molar-refractivity contribution in [1.82, 2.24) is 4.90 Å². The molecule has 35 heavy (non-hydrogen) atoms. The molecule has 1 saturated heterocycles. The van der Waals surface area contributed by atoms with Crippen LogP contribution in [-0.2, 0) is 17.8 Å². The Bertz CT molecular complexity index is 1170. The second-order valence-corrected chi connectivity index (χ2v) is 9.60. The largest absolute Gasteiger partial charge is 0.480 e. The van der Waals surface area contributed by atoms with Crippen molar-refractivity contribution in [3.63, 3.8) is 0 Å². The van der Waals surface area contributed by atoms with Gasteiger partial charge in [-0.15, -0.1) is 0 Å².